The summed E-state index contributed by atoms with van der Waals surface area (Å²) in [5.41, 5.74) is -0.0880. The number of carbonyl (C=O) groups excluding carboxylic acids is 2. The first-order valence-corrected chi connectivity index (χ1v) is 10.7. The van der Waals surface area contributed by atoms with Crippen LogP contribution in [0.5, 0.6) is 0 Å². The third-order valence-corrected chi connectivity index (χ3v) is 6.74. The van der Waals surface area contributed by atoms with Crippen LogP contribution in [0.2, 0.25) is 0 Å². The van der Waals surface area contributed by atoms with Gasteiger partial charge in [0.2, 0.25) is 0 Å². The van der Waals surface area contributed by atoms with E-state index in [0.29, 0.717) is 13.1 Å². The van der Waals surface area contributed by atoms with Gasteiger partial charge in [-0.15, -0.1) is 0 Å². The Morgan fingerprint density at radius 3 is 2.81 bits per heavy atom. The molecule has 170 valence electrons. The molecule has 0 bridgehead atoms. The van der Waals surface area contributed by atoms with Crippen molar-refractivity contribution in [3.63, 3.8) is 0 Å². The van der Waals surface area contributed by atoms with Crippen LogP contribution in [0.4, 0.5) is 8.78 Å². The molecule has 4 aliphatic heterocycles. The summed E-state index contributed by atoms with van der Waals surface area (Å²) in [6.07, 6.45) is 2.73. The summed E-state index contributed by atoms with van der Waals surface area (Å²) >= 11 is 0. The van der Waals surface area contributed by atoms with Gasteiger partial charge in [-0.1, -0.05) is 12.5 Å². The van der Waals surface area contributed by atoms with Gasteiger partial charge in [-0.05, 0) is 18.9 Å². The number of piperazine rings is 1. The van der Waals surface area contributed by atoms with Crippen LogP contribution in [0.3, 0.4) is 0 Å². The maximum absolute atomic E-state index is 13.8. The molecule has 32 heavy (non-hydrogen) atoms. The van der Waals surface area contributed by atoms with Gasteiger partial charge in [-0.25, -0.2) is 8.78 Å². The summed E-state index contributed by atoms with van der Waals surface area (Å²) in [6, 6.07) is 3.31. The molecule has 3 N–H and O–H groups in total. The predicted octanol–water partition coefficient (Wildman–Crippen LogP) is 0.947. The fraction of sp³-hybridized carbons (Fsp3) is 0.455. The number of piperidine rings is 1. The van der Waals surface area contributed by atoms with E-state index in [4.69, 9.17) is 0 Å². The van der Waals surface area contributed by atoms with Crippen molar-refractivity contribution in [2.45, 2.75) is 44.1 Å². The van der Waals surface area contributed by atoms with Crippen LogP contribution in [-0.4, -0.2) is 74.7 Å². The summed E-state index contributed by atoms with van der Waals surface area (Å²) in [4.78, 5) is 31.4. The maximum atomic E-state index is 13.8. The molecule has 3 atom stereocenters. The molecule has 0 aliphatic carbocycles. The minimum absolute atomic E-state index is 0.0188. The number of halogens is 2. The standard InChI is InChI=1S/C22H24F2N4O4/c23-13-5-4-12(16(24)7-13)8-25-21(31)15-10-26-11-17-27-6-2-1-3-14(27)9-28(17)22(32)18(26)20(30)19(15)29/h4-5,7,10,14,17,19,29-30H,1-3,6,8-9,11H2,(H,25,31)/t14?,17-,19?/m1/s1. The second-order valence-corrected chi connectivity index (χ2v) is 8.62. The lowest BCUT2D eigenvalue weighted by molar-refractivity contribution is -0.135. The fourth-order valence-electron chi connectivity index (χ4n) is 5.10. The van der Waals surface area contributed by atoms with E-state index < -0.39 is 29.4 Å². The molecule has 0 spiro atoms. The highest BCUT2D eigenvalue weighted by molar-refractivity contribution is 5.99. The highest BCUT2D eigenvalue weighted by Crippen LogP contribution is 2.37. The lowest BCUT2D eigenvalue weighted by Crippen LogP contribution is -2.57. The second kappa shape index (κ2) is 7.86. The fourth-order valence-corrected chi connectivity index (χ4v) is 5.10. The van der Waals surface area contributed by atoms with Gasteiger partial charge in [0.05, 0.1) is 12.1 Å². The molecule has 8 nitrogen and oxygen atoms in total. The molecule has 2 amide bonds. The summed E-state index contributed by atoms with van der Waals surface area (Å²) in [6.45, 7) is 1.63. The SMILES string of the molecule is O=C(NCc1ccc(F)cc1F)C1=CN2C[C@H]3N(CC4CCCCN43)C(=O)C2=C(O)C1O. The van der Waals surface area contributed by atoms with Crippen LogP contribution >= 0.6 is 0 Å². The zero-order valence-corrected chi connectivity index (χ0v) is 17.3. The molecule has 4 heterocycles. The summed E-state index contributed by atoms with van der Waals surface area (Å²) < 4.78 is 26.9. The molecule has 5 rings (SSSR count). The number of rotatable bonds is 3. The molecule has 3 saturated heterocycles. The number of nitrogens with one attached hydrogen (secondary N) is 1. The Bertz CT molecular complexity index is 1040. The molecular formula is C22H24F2N4O4. The number of amides is 2. The molecule has 0 saturated carbocycles. The van der Waals surface area contributed by atoms with Gasteiger partial charge >= 0.3 is 0 Å². The quantitative estimate of drug-likeness (QED) is 0.640. The molecule has 0 aromatic heterocycles. The molecule has 1 aromatic carbocycles. The second-order valence-electron chi connectivity index (χ2n) is 8.62. The third-order valence-electron chi connectivity index (χ3n) is 6.74. The summed E-state index contributed by atoms with van der Waals surface area (Å²) in [5.74, 6) is -3.18. The highest BCUT2D eigenvalue weighted by atomic mass is 19.1. The normalized spacial score (nSPS) is 27.7. The zero-order valence-electron chi connectivity index (χ0n) is 17.3. The van der Waals surface area contributed by atoms with Gasteiger partial charge in [0.1, 0.15) is 29.6 Å². The van der Waals surface area contributed by atoms with Crippen molar-refractivity contribution in [2.24, 2.45) is 0 Å². The number of aliphatic hydroxyl groups excluding tert-OH is 2. The van der Waals surface area contributed by atoms with Crippen LogP contribution in [0, 0.1) is 11.6 Å². The monoisotopic (exact) mass is 446 g/mol. The largest absolute Gasteiger partial charge is 0.507 e. The average molecular weight is 446 g/mol. The van der Waals surface area contributed by atoms with Crippen molar-refractivity contribution >= 4 is 11.8 Å². The number of carbonyl (C=O) groups is 2. The Hall–Kier alpha value is -2.98. The number of fused-ring (bicyclic) bond motifs is 4. The Morgan fingerprint density at radius 2 is 2.03 bits per heavy atom. The van der Waals surface area contributed by atoms with E-state index in [0.717, 1.165) is 37.9 Å². The minimum Gasteiger partial charge on any atom is -0.507 e. The van der Waals surface area contributed by atoms with Crippen molar-refractivity contribution in [3.05, 3.63) is 58.6 Å². The molecule has 3 fully saturated rings. The minimum atomic E-state index is -1.68. The average Bonchev–Trinajstić information content (AvgIpc) is 3.14. The van der Waals surface area contributed by atoms with Gasteiger partial charge in [0.25, 0.3) is 11.8 Å². The van der Waals surface area contributed by atoms with Crippen molar-refractivity contribution in [3.8, 4) is 0 Å². The molecule has 4 aliphatic rings. The lowest BCUT2D eigenvalue weighted by Gasteiger charge is -2.43. The Kier molecular flexibility index (Phi) is 5.13. The van der Waals surface area contributed by atoms with Crippen LogP contribution < -0.4 is 5.32 Å². The van der Waals surface area contributed by atoms with Crippen molar-refractivity contribution < 1.29 is 28.6 Å². The van der Waals surface area contributed by atoms with E-state index in [-0.39, 0.29) is 41.5 Å². The molecule has 0 radical (unpaired) electrons. The van der Waals surface area contributed by atoms with Crippen molar-refractivity contribution in [1.29, 1.82) is 0 Å². The van der Waals surface area contributed by atoms with Crippen LogP contribution in [-0.2, 0) is 16.1 Å². The van der Waals surface area contributed by atoms with Crippen LogP contribution in [0.25, 0.3) is 0 Å². The van der Waals surface area contributed by atoms with E-state index in [2.05, 4.69) is 10.2 Å². The third kappa shape index (κ3) is 3.34. The number of aliphatic hydroxyl groups is 2. The zero-order chi connectivity index (χ0) is 22.6. The first-order valence-electron chi connectivity index (χ1n) is 10.7. The number of hydrogen-bond acceptors (Lipinski definition) is 6. The number of hydrogen-bond donors (Lipinski definition) is 3. The number of benzene rings is 1. The van der Waals surface area contributed by atoms with Gasteiger partial charge in [0.15, 0.2) is 5.76 Å². The smallest absolute Gasteiger partial charge is 0.275 e. The maximum Gasteiger partial charge on any atom is 0.275 e. The molecule has 1 aromatic rings. The molecule has 2 unspecified atom stereocenters. The van der Waals surface area contributed by atoms with E-state index in [1.807, 2.05) is 0 Å². The first kappa shape index (κ1) is 20.9. The van der Waals surface area contributed by atoms with E-state index >= 15 is 0 Å². The Morgan fingerprint density at radius 1 is 1.22 bits per heavy atom. The number of nitrogens with zero attached hydrogens (tertiary/aromatic N) is 3. The van der Waals surface area contributed by atoms with Gasteiger partial charge in [0, 0.05) is 43.5 Å². The van der Waals surface area contributed by atoms with Crippen LogP contribution in [0.15, 0.2) is 41.4 Å². The molecule has 10 heteroatoms. The summed E-state index contributed by atoms with van der Waals surface area (Å²) in [7, 11) is 0. The van der Waals surface area contributed by atoms with Crippen LogP contribution in [0.1, 0.15) is 24.8 Å². The van der Waals surface area contributed by atoms with Gasteiger partial charge in [-0.3, -0.25) is 14.5 Å². The summed E-state index contributed by atoms with van der Waals surface area (Å²) in [5, 5.41) is 23.6. The topological polar surface area (TPSA) is 96.4 Å². The Labute approximate surface area is 183 Å². The van der Waals surface area contributed by atoms with E-state index in [1.165, 1.54) is 17.2 Å². The predicted molar refractivity (Wildman–Crippen MR) is 109 cm³/mol. The van der Waals surface area contributed by atoms with Gasteiger partial charge in [-0.2, -0.15) is 0 Å². The van der Waals surface area contributed by atoms with Crippen molar-refractivity contribution in [2.75, 3.05) is 19.6 Å². The van der Waals surface area contributed by atoms with E-state index in [1.54, 1.807) is 4.90 Å². The van der Waals surface area contributed by atoms with Gasteiger partial charge < -0.3 is 25.3 Å². The van der Waals surface area contributed by atoms with E-state index in [9.17, 15) is 28.6 Å². The lowest BCUT2D eigenvalue weighted by atomic mass is 10.00. The van der Waals surface area contributed by atoms with Crippen molar-refractivity contribution in [1.82, 2.24) is 20.0 Å². The Balaban J connectivity index is 1.36. The first-order chi connectivity index (χ1) is 15.3. The molecular weight excluding hydrogens is 422 g/mol. The highest BCUT2D eigenvalue weighted by Gasteiger charge is 2.50.